The van der Waals surface area contributed by atoms with E-state index in [1.807, 2.05) is 48.5 Å². The van der Waals surface area contributed by atoms with Crippen molar-refractivity contribution in [2.75, 3.05) is 19.3 Å². The number of rotatable bonds is 10. The number of nitrogens with two attached hydrogens (primary N) is 1. The minimum atomic E-state index is -4.11. The number of carbonyl (C=O) groups excluding carboxylic acids is 3. The molecule has 0 spiro atoms. The van der Waals surface area contributed by atoms with Crippen LogP contribution in [0.3, 0.4) is 0 Å². The fraction of sp³-hybridized carbons (Fsp3) is 0.633. The van der Waals surface area contributed by atoms with Crippen LogP contribution in [-0.4, -0.2) is 73.7 Å². The number of nitrogens with zero attached hydrogens (tertiary/aromatic N) is 2. The predicted molar refractivity (Wildman–Crippen MR) is 162 cm³/mol. The molecule has 1 fully saturated rings. The average Bonchev–Trinajstić information content (AvgIpc) is 2.88. The first-order chi connectivity index (χ1) is 18.9. The number of sulfonamides is 1. The number of hydrogen-bond acceptors (Lipinski definition) is 7. The van der Waals surface area contributed by atoms with Crippen LogP contribution >= 0.6 is 0 Å². The zero-order valence-corrected chi connectivity index (χ0v) is 26.8. The number of nitrogen functional groups attached to an aromatic ring is 1. The van der Waals surface area contributed by atoms with Gasteiger partial charge in [0.2, 0.25) is 11.8 Å². The summed E-state index contributed by atoms with van der Waals surface area (Å²) in [5.41, 5.74) is 5.62. The maximum atomic E-state index is 14.2. The van der Waals surface area contributed by atoms with E-state index in [4.69, 9.17) is 5.73 Å². The standard InChI is InChI=1S/C30H49N5O5S/c1-19(2)25(18-21(5)27(36)33-41(39,40)23-15-13-22(31)14-16-23)34(9)29(38)26(30(6,7)8)35(20(3)4)28(37)24-12-10-11-17-32-24/h13-16,18-20,24-26,32H,10-12,17,31H2,1-9H3,(H,33,36)/b21-18+/t24-,25-,26-/m1/s1. The van der Waals surface area contributed by atoms with Crippen molar-refractivity contribution < 1.29 is 22.8 Å². The molecule has 1 aliphatic heterocycles. The molecule has 1 heterocycles. The number of carbonyl (C=O) groups is 3. The minimum absolute atomic E-state index is 0.0820. The average molecular weight is 592 g/mol. The molecule has 11 heteroatoms. The van der Waals surface area contributed by atoms with E-state index in [0.717, 1.165) is 25.8 Å². The Morgan fingerprint density at radius 2 is 1.66 bits per heavy atom. The summed E-state index contributed by atoms with van der Waals surface area (Å²) >= 11 is 0. The van der Waals surface area contributed by atoms with Crippen LogP contribution in [0.5, 0.6) is 0 Å². The van der Waals surface area contributed by atoms with Gasteiger partial charge in [-0.3, -0.25) is 14.4 Å². The Kier molecular flexibility index (Phi) is 11.6. The maximum absolute atomic E-state index is 14.2. The summed E-state index contributed by atoms with van der Waals surface area (Å²) in [6.45, 7) is 15.8. The van der Waals surface area contributed by atoms with E-state index in [0.29, 0.717) is 5.69 Å². The Hall–Kier alpha value is -2.92. The lowest BCUT2D eigenvalue weighted by molar-refractivity contribution is -0.154. The number of anilines is 1. The van der Waals surface area contributed by atoms with Gasteiger partial charge < -0.3 is 20.9 Å². The van der Waals surface area contributed by atoms with Crippen molar-refractivity contribution in [2.24, 2.45) is 11.3 Å². The van der Waals surface area contributed by atoms with Crippen molar-refractivity contribution in [3.63, 3.8) is 0 Å². The zero-order valence-electron chi connectivity index (χ0n) is 26.0. The van der Waals surface area contributed by atoms with Gasteiger partial charge in [0.15, 0.2) is 0 Å². The summed E-state index contributed by atoms with van der Waals surface area (Å²) in [4.78, 5) is 44.2. The monoisotopic (exact) mass is 591 g/mol. The molecular weight excluding hydrogens is 542 g/mol. The Bertz CT molecular complexity index is 1210. The Labute approximate surface area is 246 Å². The number of benzene rings is 1. The van der Waals surface area contributed by atoms with E-state index >= 15 is 0 Å². The van der Waals surface area contributed by atoms with Crippen molar-refractivity contribution in [2.45, 2.75) is 104 Å². The van der Waals surface area contributed by atoms with E-state index in [-0.39, 0.29) is 40.3 Å². The predicted octanol–water partition coefficient (Wildman–Crippen LogP) is 3.30. The van der Waals surface area contributed by atoms with Gasteiger partial charge in [-0.05, 0) is 75.8 Å². The second kappa shape index (κ2) is 13.8. The first kappa shape index (κ1) is 34.3. The molecule has 4 N–H and O–H groups in total. The highest BCUT2D eigenvalue weighted by Crippen LogP contribution is 2.30. The lowest BCUT2D eigenvalue weighted by atomic mass is 9.82. The first-order valence-corrected chi connectivity index (χ1v) is 15.8. The van der Waals surface area contributed by atoms with E-state index in [2.05, 4.69) is 10.0 Å². The molecule has 1 aromatic rings. The van der Waals surface area contributed by atoms with Crippen molar-refractivity contribution >= 4 is 33.4 Å². The summed E-state index contributed by atoms with van der Waals surface area (Å²) in [5.74, 6) is -1.22. The second-order valence-electron chi connectivity index (χ2n) is 12.6. The van der Waals surface area contributed by atoms with Crippen LogP contribution in [-0.2, 0) is 24.4 Å². The number of piperidine rings is 1. The normalized spacial score (nSPS) is 18.1. The highest BCUT2D eigenvalue weighted by atomic mass is 32.2. The summed E-state index contributed by atoms with van der Waals surface area (Å²) < 4.78 is 27.6. The molecule has 0 bridgehead atoms. The summed E-state index contributed by atoms with van der Waals surface area (Å²) in [5, 5.41) is 3.32. The largest absolute Gasteiger partial charge is 0.399 e. The molecule has 0 saturated carbocycles. The molecule has 41 heavy (non-hydrogen) atoms. The van der Waals surface area contributed by atoms with Crippen LogP contribution < -0.4 is 15.8 Å². The van der Waals surface area contributed by atoms with E-state index in [1.54, 1.807) is 22.9 Å². The van der Waals surface area contributed by atoms with Gasteiger partial charge in [0.25, 0.3) is 15.9 Å². The molecular formula is C30H49N5O5S. The molecule has 1 aliphatic rings. The molecule has 0 radical (unpaired) electrons. The SMILES string of the molecule is C/C(=C\[C@H](C(C)C)N(C)C(=O)[C@@H](N(C(=O)[C@H]1CCCCN1)C(C)C)C(C)(C)C)C(=O)NS(=O)(=O)c1ccc(N)cc1. The Morgan fingerprint density at radius 3 is 2.12 bits per heavy atom. The van der Waals surface area contributed by atoms with Gasteiger partial charge in [-0.2, -0.15) is 0 Å². The molecule has 1 saturated heterocycles. The third-order valence-corrected chi connectivity index (χ3v) is 8.77. The molecule has 10 nitrogen and oxygen atoms in total. The van der Waals surface area contributed by atoms with E-state index in [1.165, 1.54) is 31.2 Å². The van der Waals surface area contributed by atoms with E-state index in [9.17, 15) is 22.8 Å². The lowest BCUT2D eigenvalue weighted by Crippen LogP contribution is -2.63. The number of hydrogen-bond donors (Lipinski definition) is 3. The summed E-state index contributed by atoms with van der Waals surface area (Å²) in [6, 6.07) is 3.70. The highest BCUT2D eigenvalue weighted by Gasteiger charge is 2.44. The summed E-state index contributed by atoms with van der Waals surface area (Å²) in [6.07, 6.45) is 4.32. The molecule has 0 aliphatic carbocycles. The van der Waals surface area contributed by atoms with Gasteiger partial charge in [-0.15, -0.1) is 0 Å². The van der Waals surface area contributed by atoms with Gasteiger partial charge in [0.05, 0.1) is 17.0 Å². The van der Waals surface area contributed by atoms with Crippen molar-refractivity contribution in [1.82, 2.24) is 19.8 Å². The van der Waals surface area contributed by atoms with Crippen molar-refractivity contribution in [3.05, 3.63) is 35.9 Å². The topological polar surface area (TPSA) is 142 Å². The van der Waals surface area contributed by atoms with Crippen molar-refractivity contribution in [1.29, 1.82) is 0 Å². The fourth-order valence-corrected chi connectivity index (χ4v) is 6.18. The molecule has 3 amide bonds. The summed E-state index contributed by atoms with van der Waals surface area (Å²) in [7, 11) is -2.45. The van der Waals surface area contributed by atoms with Crippen molar-refractivity contribution in [3.8, 4) is 0 Å². The molecule has 2 rings (SSSR count). The molecule has 1 aromatic carbocycles. The van der Waals surface area contributed by atoms with Crippen LogP contribution in [0.1, 0.15) is 74.7 Å². The molecule has 230 valence electrons. The minimum Gasteiger partial charge on any atom is -0.399 e. The zero-order chi connectivity index (χ0) is 31.3. The molecule has 3 atom stereocenters. The van der Waals surface area contributed by atoms with Crippen LogP contribution in [0.25, 0.3) is 0 Å². The van der Waals surface area contributed by atoms with Crippen LogP contribution in [0.2, 0.25) is 0 Å². The third-order valence-electron chi connectivity index (χ3n) is 7.43. The molecule has 0 unspecified atom stereocenters. The lowest BCUT2D eigenvalue weighted by Gasteiger charge is -2.46. The second-order valence-corrected chi connectivity index (χ2v) is 14.3. The van der Waals surface area contributed by atoms with Crippen LogP contribution in [0.15, 0.2) is 40.8 Å². The third kappa shape index (κ3) is 8.78. The Balaban J connectivity index is 2.37. The highest BCUT2D eigenvalue weighted by molar-refractivity contribution is 7.90. The van der Waals surface area contributed by atoms with Gasteiger partial charge in [0, 0.05) is 24.4 Å². The van der Waals surface area contributed by atoms with Crippen LogP contribution in [0.4, 0.5) is 5.69 Å². The van der Waals surface area contributed by atoms with Gasteiger partial charge >= 0.3 is 0 Å². The first-order valence-electron chi connectivity index (χ1n) is 14.3. The van der Waals surface area contributed by atoms with Gasteiger partial charge in [-0.25, -0.2) is 13.1 Å². The maximum Gasteiger partial charge on any atom is 0.264 e. The number of amides is 3. The van der Waals surface area contributed by atoms with E-state index < -0.39 is 33.4 Å². The smallest absolute Gasteiger partial charge is 0.264 e. The van der Waals surface area contributed by atoms with Crippen LogP contribution in [0, 0.1) is 11.3 Å². The van der Waals surface area contributed by atoms with Gasteiger partial charge in [0.1, 0.15) is 6.04 Å². The molecule has 0 aromatic heterocycles. The van der Waals surface area contributed by atoms with Gasteiger partial charge in [-0.1, -0.05) is 47.1 Å². The fourth-order valence-electron chi connectivity index (χ4n) is 5.16. The quantitative estimate of drug-likeness (QED) is 0.280. The Morgan fingerprint density at radius 1 is 1.07 bits per heavy atom. The number of nitrogens with one attached hydrogen (secondary N) is 2. The number of likely N-dealkylation sites (N-methyl/N-ethyl adjacent to an activating group) is 1.